The Balaban J connectivity index is 0.000000586. The number of rotatable bonds is 4. The zero-order valence-corrected chi connectivity index (χ0v) is 19.2. The minimum atomic E-state index is -0.417. The van der Waals surface area contributed by atoms with Gasteiger partial charge in [0.15, 0.2) is 0 Å². The first-order valence-corrected chi connectivity index (χ1v) is 11.1. The second-order valence-corrected chi connectivity index (χ2v) is 8.95. The van der Waals surface area contributed by atoms with Gasteiger partial charge in [-0.3, -0.25) is 9.36 Å². The number of nitrogens with one attached hydrogen (secondary N) is 1. The van der Waals surface area contributed by atoms with Gasteiger partial charge in [-0.1, -0.05) is 50.2 Å². The summed E-state index contributed by atoms with van der Waals surface area (Å²) in [4.78, 5) is 21.5. The molecule has 1 N–H and O–H groups in total. The monoisotopic (exact) mass is 449 g/mol. The Morgan fingerprint density at radius 2 is 2.03 bits per heavy atom. The highest BCUT2D eigenvalue weighted by Gasteiger charge is 2.25. The molecule has 2 aliphatic rings. The average Bonchev–Trinajstić information content (AvgIpc) is 3.27. The van der Waals surface area contributed by atoms with Crippen molar-refractivity contribution in [2.45, 2.75) is 46.7 Å². The molecule has 2 aromatic heterocycles. The van der Waals surface area contributed by atoms with Gasteiger partial charge in [-0.05, 0) is 43.4 Å². The van der Waals surface area contributed by atoms with Crippen LogP contribution >= 0.6 is 0 Å². The third-order valence-electron chi connectivity index (χ3n) is 6.09. The van der Waals surface area contributed by atoms with Crippen molar-refractivity contribution in [2.75, 3.05) is 5.32 Å². The van der Waals surface area contributed by atoms with Crippen molar-refractivity contribution in [1.29, 1.82) is 0 Å². The topological polar surface area (TPSA) is 85.8 Å². The third-order valence-corrected chi connectivity index (χ3v) is 6.09. The Bertz CT molecular complexity index is 1190. The molecule has 1 aliphatic carbocycles. The number of allylic oxidation sites excluding steroid dienone is 2. The van der Waals surface area contributed by atoms with Crippen molar-refractivity contribution < 1.29 is 13.7 Å². The molecule has 1 amide bonds. The number of amides is 1. The van der Waals surface area contributed by atoms with Crippen LogP contribution in [0.5, 0.6) is 0 Å². The van der Waals surface area contributed by atoms with E-state index < -0.39 is 6.17 Å². The molecule has 0 bridgehead atoms. The molecule has 7 nitrogen and oxygen atoms in total. The summed E-state index contributed by atoms with van der Waals surface area (Å²) in [6.45, 7) is 8.46. The number of carbonyl (C=O) groups excluding carboxylic acids is 1. The van der Waals surface area contributed by atoms with E-state index in [0.717, 1.165) is 29.8 Å². The van der Waals surface area contributed by atoms with Gasteiger partial charge < -0.3 is 9.84 Å². The summed E-state index contributed by atoms with van der Waals surface area (Å²) in [5.74, 6) is 1.39. The lowest BCUT2D eigenvalue weighted by Crippen LogP contribution is -2.18. The van der Waals surface area contributed by atoms with Crippen molar-refractivity contribution in [1.82, 2.24) is 19.7 Å². The lowest BCUT2D eigenvalue weighted by Gasteiger charge is -2.25. The number of benzene rings is 1. The summed E-state index contributed by atoms with van der Waals surface area (Å²) in [6.07, 6.45) is 12.2. The summed E-state index contributed by atoms with van der Waals surface area (Å²) in [5.41, 5.74) is 2.77. The molecule has 33 heavy (non-hydrogen) atoms. The van der Waals surface area contributed by atoms with Crippen molar-refractivity contribution >= 4 is 23.9 Å². The summed E-state index contributed by atoms with van der Waals surface area (Å²) in [5, 5.41) is 6.84. The van der Waals surface area contributed by atoms with Crippen molar-refractivity contribution in [3.05, 3.63) is 60.0 Å². The quantitative estimate of drug-likeness (QED) is 0.546. The molecule has 1 saturated carbocycles. The van der Waals surface area contributed by atoms with Gasteiger partial charge >= 0.3 is 0 Å². The average molecular weight is 450 g/mol. The van der Waals surface area contributed by atoms with E-state index in [1.807, 2.05) is 42.0 Å². The zero-order chi connectivity index (χ0) is 23.6. The fourth-order valence-electron chi connectivity index (χ4n) is 3.20. The first-order valence-electron chi connectivity index (χ1n) is 11.1. The molecule has 0 saturated heterocycles. The van der Waals surface area contributed by atoms with E-state index in [1.165, 1.54) is 6.39 Å². The Hall–Kier alpha value is -3.55. The second-order valence-electron chi connectivity index (χ2n) is 8.95. The Labute approximate surface area is 192 Å². The fourth-order valence-corrected chi connectivity index (χ4v) is 3.20. The lowest BCUT2D eigenvalue weighted by atomic mass is 9.79. The van der Waals surface area contributed by atoms with Crippen LogP contribution < -0.4 is 5.32 Å². The van der Waals surface area contributed by atoms with E-state index in [4.69, 9.17) is 4.52 Å². The molecular formula is C25H28FN5O2. The van der Waals surface area contributed by atoms with E-state index in [0.29, 0.717) is 23.1 Å². The minimum absolute atomic E-state index is 0.0933. The maximum absolute atomic E-state index is 13.0. The first kappa shape index (κ1) is 22.6. The van der Waals surface area contributed by atoms with Gasteiger partial charge in [-0.25, -0.2) is 9.37 Å². The van der Waals surface area contributed by atoms with Gasteiger partial charge in [0.25, 0.3) is 5.91 Å². The van der Waals surface area contributed by atoms with Crippen LogP contribution in [0.25, 0.3) is 23.7 Å². The number of nitrogens with zero attached hydrogens (tertiary/aromatic N) is 4. The number of halogens is 1. The molecule has 1 atom stereocenters. The van der Waals surface area contributed by atoms with Gasteiger partial charge in [0.05, 0.1) is 6.20 Å². The maximum Gasteiger partial charge on any atom is 0.274 e. The lowest BCUT2D eigenvalue weighted by molar-refractivity contribution is 0.102. The highest BCUT2D eigenvalue weighted by molar-refractivity contribution is 6.04. The number of aryl methyl sites for hydroxylation is 1. The van der Waals surface area contributed by atoms with Crippen LogP contribution in [0.4, 0.5) is 10.1 Å². The molecule has 1 aromatic carbocycles. The number of hydrogen-bond donors (Lipinski definition) is 1. The standard InChI is InChI=1S/C22H23N5O2.C3H5F/c1-14(2)22(4)8-7-19-23-12-18(27(19)10-9-22)21(28)25-17-11-16(6-5-15(17)3)20-24-13-29-26-20;4-3-1-2-3/h5-14H,1-4H3,(H,25,28);3H,1-2H2. The number of anilines is 1. The largest absolute Gasteiger partial charge is 0.342 e. The van der Waals surface area contributed by atoms with Crippen LogP contribution in [0.3, 0.4) is 0 Å². The van der Waals surface area contributed by atoms with E-state index in [9.17, 15) is 9.18 Å². The van der Waals surface area contributed by atoms with Crippen LogP contribution in [0.15, 0.2) is 47.5 Å². The van der Waals surface area contributed by atoms with Crippen molar-refractivity contribution in [3.63, 3.8) is 0 Å². The molecule has 3 heterocycles. The number of carbonyl (C=O) groups is 1. The molecule has 0 radical (unpaired) electrons. The van der Waals surface area contributed by atoms with E-state index in [1.54, 1.807) is 6.20 Å². The number of imidazole rings is 1. The van der Waals surface area contributed by atoms with Crippen LogP contribution in [0, 0.1) is 18.3 Å². The van der Waals surface area contributed by atoms with Crippen LogP contribution in [0.2, 0.25) is 0 Å². The Morgan fingerprint density at radius 1 is 1.27 bits per heavy atom. The second kappa shape index (κ2) is 9.13. The van der Waals surface area contributed by atoms with E-state index in [-0.39, 0.29) is 11.3 Å². The van der Waals surface area contributed by atoms with E-state index in [2.05, 4.69) is 53.4 Å². The van der Waals surface area contributed by atoms with Gasteiger partial charge in [-0.2, -0.15) is 4.98 Å². The number of hydrogen-bond acceptors (Lipinski definition) is 5. The first-order chi connectivity index (χ1) is 15.8. The molecule has 5 rings (SSSR count). The third kappa shape index (κ3) is 5.10. The summed E-state index contributed by atoms with van der Waals surface area (Å²) < 4.78 is 17.7. The van der Waals surface area contributed by atoms with Gasteiger partial charge in [0, 0.05) is 22.9 Å². The van der Waals surface area contributed by atoms with Gasteiger partial charge in [0.2, 0.25) is 12.2 Å². The van der Waals surface area contributed by atoms with Crippen LogP contribution in [-0.4, -0.2) is 31.8 Å². The predicted octanol–water partition coefficient (Wildman–Crippen LogP) is 5.77. The predicted molar refractivity (Wildman–Crippen MR) is 126 cm³/mol. The summed E-state index contributed by atoms with van der Waals surface area (Å²) in [7, 11) is 0. The van der Waals surface area contributed by atoms with Crippen LogP contribution in [0.1, 0.15) is 55.5 Å². The summed E-state index contributed by atoms with van der Waals surface area (Å²) in [6, 6.07) is 5.64. The molecular weight excluding hydrogens is 421 g/mol. The molecule has 1 unspecified atom stereocenters. The molecule has 0 spiro atoms. The number of aromatic nitrogens is 4. The van der Waals surface area contributed by atoms with Crippen molar-refractivity contribution in [2.24, 2.45) is 11.3 Å². The van der Waals surface area contributed by atoms with Crippen LogP contribution in [-0.2, 0) is 0 Å². The minimum Gasteiger partial charge on any atom is -0.342 e. The van der Waals surface area contributed by atoms with Crippen molar-refractivity contribution in [3.8, 4) is 11.4 Å². The SMILES string of the molecule is Cc1ccc(-c2ncon2)cc1NC(=O)c1cnc2n1C=CC(C)(C(C)C)C=C2.FC1CC1. The molecule has 172 valence electrons. The maximum atomic E-state index is 13.0. The van der Waals surface area contributed by atoms with Gasteiger partial charge in [-0.15, -0.1) is 0 Å². The highest BCUT2D eigenvalue weighted by Crippen LogP contribution is 2.33. The molecule has 8 heteroatoms. The smallest absolute Gasteiger partial charge is 0.274 e. The molecule has 3 aromatic rings. The van der Waals surface area contributed by atoms with E-state index >= 15 is 0 Å². The Morgan fingerprint density at radius 3 is 2.67 bits per heavy atom. The number of fused-ring (bicyclic) bond motifs is 1. The molecule has 1 fully saturated rings. The number of alkyl halides is 1. The summed E-state index contributed by atoms with van der Waals surface area (Å²) >= 11 is 0. The Kier molecular flexibility index (Phi) is 6.26. The zero-order valence-electron chi connectivity index (χ0n) is 19.2. The molecule has 1 aliphatic heterocycles. The fraction of sp³-hybridized carbons (Fsp3) is 0.360. The highest BCUT2D eigenvalue weighted by atomic mass is 19.1. The van der Waals surface area contributed by atoms with Gasteiger partial charge in [0.1, 0.15) is 17.7 Å². The normalized spacial score (nSPS) is 19.0.